The molecule has 2 saturated heterocycles. The molecule has 0 saturated carbocycles. The van der Waals surface area contributed by atoms with Crippen LogP contribution in [0.1, 0.15) is 0 Å². The van der Waals surface area contributed by atoms with E-state index in [0.717, 1.165) is 0 Å². The van der Waals surface area contributed by atoms with Crippen molar-refractivity contribution in [2.24, 2.45) is 0 Å². The predicted molar refractivity (Wildman–Crippen MR) is 36.7 cm³/mol. The van der Waals surface area contributed by atoms with Crippen LogP contribution in [0.4, 0.5) is 9.59 Å². The van der Waals surface area contributed by atoms with E-state index in [2.05, 4.69) is 18.9 Å². The molecule has 2 heterocycles. The summed E-state index contributed by atoms with van der Waals surface area (Å²) in [5.41, 5.74) is 0. The number of ether oxygens (including phenoxy) is 4. The summed E-state index contributed by atoms with van der Waals surface area (Å²) < 4.78 is 18.3. The highest BCUT2D eigenvalue weighted by atomic mass is 16.8. The van der Waals surface area contributed by atoms with Gasteiger partial charge in [-0.05, 0) is 0 Å². The Balaban J connectivity index is 1.96. The fraction of sp³-hybridized carbons (Fsp3) is 0.429. The first-order valence-electron chi connectivity index (χ1n) is 3.63. The van der Waals surface area contributed by atoms with Gasteiger partial charge in [0.15, 0.2) is 12.7 Å². The second-order valence-electron chi connectivity index (χ2n) is 2.49. The van der Waals surface area contributed by atoms with E-state index in [-0.39, 0.29) is 13.2 Å². The normalized spacial score (nSPS) is 29.5. The topological polar surface area (TPSA) is 71.1 Å². The molecule has 2 aliphatic heterocycles. The van der Waals surface area contributed by atoms with Crippen LogP contribution in [0.3, 0.4) is 0 Å². The van der Waals surface area contributed by atoms with Crippen molar-refractivity contribution in [3.05, 3.63) is 11.8 Å². The largest absolute Gasteiger partial charge is 0.514 e. The maximum Gasteiger partial charge on any atom is 0.514 e. The lowest BCUT2D eigenvalue weighted by Crippen LogP contribution is -2.07. The summed E-state index contributed by atoms with van der Waals surface area (Å²) in [5.74, 6) is 0.341. The van der Waals surface area contributed by atoms with Crippen LogP contribution >= 0.6 is 0 Å². The summed E-state index contributed by atoms with van der Waals surface area (Å²) in [5, 5.41) is 0. The molecular formula is C7H6O6. The number of cyclic esters (lactones) is 4. The summed E-state index contributed by atoms with van der Waals surface area (Å²) in [6.07, 6.45) is -0.462. The van der Waals surface area contributed by atoms with Crippen molar-refractivity contribution in [2.45, 2.75) is 6.10 Å². The molecule has 0 aromatic heterocycles. The first-order valence-corrected chi connectivity index (χ1v) is 3.63. The van der Waals surface area contributed by atoms with Gasteiger partial charge < -0.3 is 18.9 Å². The SMILES string of the molecule is O=C1OC/C(=C/C2COC(=O)O2)O1. The molecule has 0 spiro atoms. The smallest absolute Gasteiger partial charge is 0.430 e. The van der Waals surface area contributed by atoms with Crippen LogP contribution in [-0.2, 0) is 18.9 Å². The number of hydrogen-bond donors (Lipinski definition) is 0. The van der Waals surface area contributed by atoms with Crippen LogP contribution in [-0.4, -0.2) is 31.6 Å². The van der Waals surface area contributed by atoms with E-state index in [1.54, 1.807) is 0 Å². The number of rotatable bonds is 1. The van der Waals surface area contributed by atoms with Gasteiger partial charge in [-0.25, -0.2) is 9.59 Å². The van der Waals surface area contributed by atoms with Crippen molar-refractivity contribution in [1.29, 1.82) is 0 Å². The molecule has 6 heteroatoms. The van der Waals surface area contributed by atoms with Crippen LogP contribution in [0.15, 0.2) is 11.8 Å². The standard InChI is InChI=1S/C7H6O6/c8-6-10-2-4(12-6)1-5-3-11-7(9)13-5/h1,4H,2-3H2/b5-1-. The molecule has 2 rings (SSSR count). The van der Waals surface area contributed by atoms with Crippen LogP contribution < -0.4 is 0 Å². The Morgan fingerprint density at radius 2 is 2.08 bits per heavy atom. The third kappa shape index (κ3) is 1.71. The van der Waals surface area contributed by atoms with Gasteiger partial charge in [0.1, 0.15) is 12.4 Å². The Morgan fingerprint density at radius 1 is 1.23 bits per heavy atom. The predicted octanol–water partition coefficient (Wildman–Crippen LogP) is 0.573. The second-order valence-corrected chi connectivity index (χ2v) is 2.49. The summed E-state index contributed by atoms with van der Waals surface area (Å²) in [6, 6.07) is 0. The Labute approximate surface area is 73.0 Å². The van der Waals surface area contributed by atoms with Crippen LogP contribution in [0, 0.1) is 0 Å². The molecule has 0 amide bonds. The lowest BCUT2D eigenvalue weighted by molar-refractivity contribution is 0.124. The van der Waals surface area contributed by atoms with Crippen molar-refractivity contribution in [2.75, 3.05) is 13.2 Å². The zero-order valence-corrected chi connectivity index (χ0v) is 6.52. The average molecular weight is 186 g/mol. The van der Waals surface area contributed by atoms with Gasteiger partial charge >= 0.3 is 12.3 Å². The van der Waals surface area contributed by atoms with Crippen LogP contribution in [0.25, 0.3) is 0 Å². The van der Waals surface area contributed by atoms with Crippen LogP contribution in [0.2, 0.25) is 0 Å². The van der Waals surface area contributed by atoms with Crippen molar-refractivity contribution >= 4 is 12.3 Å². The molecule has 0 bridgehead atoms. The van der Waals surface area contributed by atoms with Gasteiger partial charge in [-0.1, -0.05) is 0 Å². The fourth-order valence-electron chi connectivity index (χ4n) is 1.01. The van der Waals surface area contributed by atoms with E-state index in [1.807, 2.05) is 0 Å². The Bertz CT molecular complexity index is 281. The minimum atomic E-state index is -0.739. The van der Waals surface area contributed by atoms with Gasteiger partial charge in [0, 0.05) is 6.08 Å². The Kier molecular flexibility index (Phi) is 1.80. The third-order valence-electron chi connectivity index (χ3n) is 1.53. The monoisotopic (exact) mass is 186 g/mol. The average Bonchev–Trinajstić information content (AvgIpc) is 2.62. The summed E-state index contributed by atoms with van der Waals surface area (Å²) in [4.78, 5) is 20.9. The first kappa shape index (κ1) is 7.90. The summed E-state index contributed by atoms with van der Waals surface area (Å²) >= 11 is 0. The van der Waals surface area contributed by atoms with Gasteiger partial charge in [-0.3, -0.25) is 0 Å². The quantitative estimate of drug-likeness (QED) is 0.557. The van der Waals surface area contributed by atoms with E-state index in [0.29, 0.717) is 5.76 Å². The van der Waals surface area contributed by atoms with E-state index in [1.165, 1.54) is 6.08 Å². The Hall–Kier alpha value is -1.72. The molecule has 13 heavy (non-hydrogen) atoms. The molecule has 6 nitrogen and oxygen atoms in total. The highest BCUT2D eigenvalue weighted by Gasteiger charge is 2.26. The molecule has 2 fully saturated rings. The van der Waals surface area contributed by atoms with Crippen molar-refractivity contribution < 1.29 is 28.5 Å². The van der Waals surface area contributed by atoms with Gasteiger partial charge in [0.2, 0.25) is 0 Å². The lowest BCUT2D eigenvalue weighted by atomic mass is 10.3. The summed E-state index contributed by atoms with van der Waals surface area (Å²) in [6.45, 7) is 0.215. The molecule has 0 radical (unpaired) electrons. The summed E-state index contributed by atoms with van der Waals surface area (Å²) in [7, 11) is 0. The van der Waals surface area contributed by atoms with E-state index in [9.17, 15) is 9.59 Å². The number of carbonyl (C=O) groups excluding carboxylic acids is 2. The zero-order chi connectivity index (χ0) is 9.26. The molecule has 0 N–H and O–H groups in total. The van der Waals surface area contributed by atoms with E-state index < -0.39 is 18.4 Å². The van der Waals surface area contributed by atoms with Crippen molar-refractivity contribution in [3.8, 4) is 0 Å². The van der Waals surface area contributed by atoms with Crippen molar-refractivity contribution in [1.82, 2.24) is 0 Å². The van der Waals surface area contributed by atoms with Gasteiger partial charge in [0.25, 0.3) is 0 Å². The molecule has 70 valence electrons. The fourth-order valence-corrected chi connectivity index (χ4v) is 1.01. The minimum Gasteiger partial charge on any atom is -0.430 e. The molecule has 1 atom stereocenters. The highest BCUT2D eigenvalue weighted by Crippen LogP contribution is 2.15. The molecule has 1 unspecified atom stereocenters. The van der Waals surface area contributed by atoms with Gasteiger partial charge in [0.05, 0.1) is 0 Å². The maximum absolute atomic E-state index is 10.5. The lowest BCUT2D eigenvalue weighted by Gasteiger charge is -1.98. The van der Waals surface area contributed by atoms with Gasteiger partial charge in [-0.15, -0.1) is 0 Å². The van der Waals surface area contributed by atoms with Crippen LogP contribution in [0.5, 0.6) is 0 Å². The highest BCUT2D eigenvalue weighted by molar-refractivity contribution is 5.64. The zero-order valence-electron chi connectivity index (χ0n) is 6.52. The number of hydrogen-bond acceptors (Lipinski definition) is 6. The van der Waals surface area contributed by atoms with Crippen molar-refractivity contribution in [3.63, 3.8) is 0 Å². The molecular weight excluding hydrogens is 180 g/mol. The molecule has 0 aromatic carbocycles. The Morgan fingerprint density at radius 3 is 2.62 bits per heavy atom. The molecule has 0 aliphatic carbocycles. The first-order chi connectivity index (χ1) is 6.24. The van der Waals surface area contributed by atoms with E-state index >= 15 is 0 Å². The van der Waals surface area contributed by atoms with E-state index in [4.69, 9.17) is 0 Å². The maximum atomic E-state index is 10.5. The molecule has 2 aliphatic rings. The second kappa shape index (κ2) is 2.96. The minimum absolute atomic E-state index is 0.0763. The molecule has 0 aromatic rings. The van der Waals surface area contributed by atoms with Gasteiger partial charge in [-0.2, -0.15) is 0 Å². The number of carbonyl (C=O) groups is 2. The third-order valence-corrected chi connectivity index (χ3v) is 1.53.